The molecule has 4 fully saturated rings. The van der Waals surface area contributed by atoms with Crippen molar-refractivity contribution in [1.82, 2.24) is 5.32 Å². The monoisotopic (exact) mass is 381 g/mol. The Balaban J connectivity index is 1.28. The summed E-state index contributed by atoms with van der Waals surface area (Å²) in [4.78, 5) is 12.5. The molecule has 4 aliphatic rings. The maximum absolute atomic E-state index is 12.6. The molecular formula is C21H26F3NO2. The molecule has 0 spiro atoms. The van der Waals surface area contributed by atoms with E-state index in [0.29, 0.717) is 31.2 Å². The van der Waals surface area contributed by atoms with Gasteiger partial charge < -0.3 is 10.4 Å². The van der Waals surface area contributed by atoms with Crippen molar-refractivity contribution in [3.63, 3.8) is 0 Å². The lowest BCUT2D eigenvalue weighted by atomic mass is 9.47. The van der Waals surface area contributed by atoms with Crippen LogP contribution in [-0.4, -0.2) is 23.2 Å². The van der Waals surface area contributed by atoms with E-state index in [1.807, 2.05) is 0 Å². The van der Waals surface area contributed by atoms with E-state index < -0.39 is 17.3 Å². The van der Waals surface area contributed by atoms with Crippen LogP contribution in [0.3, 0.4) is 0 Å². The van der Waals surface area contributed by atoms with Crippen LogP contribution in [0.1, 0.15) is 56.1 Å². The summed E-state index contributed by atoms with van der Waals surface area (Å²) in [6.07, 6.45) is 2.42. The number of hydrogen-bond donors (Lipinski definition) is 2. The molecule has 2 atom stereocenters. The number of benzene rings is 1. The number of carbonyl (C=O) groups is 1. The molecule has 148 valence electrons. The summed E-state index contributed by atoms with van der Waals surface area (Å²) in [7, 11) is 0. The quantitative estimate of drug-likeness (QED) is 0.807. The van der Waals surface area contributed by atoms with Crippen LogP contribution in [0.25, 0.3) is 0 Å². The topological polar surface area (TPSA) is 49.3 Å². The number of rotatable bonds is 5. The van der Waals surface area contributed by atoms with Crippen molar-refractivity contribution in [3.05, 3.63) is 35.4 Å². The second kappa shape index (κ2) is 6.50. The Bertz CT molecular complexity index is 699. The van der Waals surface area contributed by atoms with Gasteiger partial charge in [-0.3, -0.25) is 4.79 Å². The number of carbonyl (C=O) groups excluding carboxylic acids is 1. The van der Waals surface area contributed by atoms with Crippen LogP contribution < -0.4 is 5.32 Å². The van der Waals surface area contributed by atoms with Crippen molar-refractivity contribution in [1.29, 1.82) is 0 Å². The molecule has 5 rings (SSSR count). The third kappa shape index (κ3) is 4.00. The summed E-state index contributed by atoms with van der Waals surface area (Å²) in [6.45, 7) is 0.414. The molecule has 2 unspecified atom stereocenters. The highest BCUT2D eigenvalue weighted by molar-refractivity contribution is 5.76. The van der Waals surface area contributed by atoms with Gasteiger partial charge in [0.15, 0.2) is 0 Å². The Morgan fingerprint density at radius 1 is 1.11 bits per heavy atom. The van der Waals surface area contributed by atoms with E-state index in [0.717, 1.165) is 49.8 Å². The first-order valence-corrected chi connectivity index (χ1v) is 9.80. The third-order valence-electron chi connectivity index (χ3n) is 6.70. The first kappa shape index (κ1) is 18.8. The van der Waals surface area contributed by atoms with E-state index in [2.05, 4.69) is 5.32 Å². The molecule has 27 heavy (non-hydrogen) atoms. The van der Waals surface area contributed by atoms with Gasteiger partial charge in [0.05, 0.1) is 11.2 Å². The van der Waals surface area contributed by atoms with E-state index >= 15 is 0 Å². The molecule has 1 aromatic carbocycles. The van der Waals surface area contributed by atoms with E-state index in [9.17, 15) is 23.1 Å². The minimum Gasteiger partial charge on any atom is -0.390 e. The number of halogens is 3. The van der Waals surface area contributed by atoms with E-state index in [1.165, 1.54) is 18.6 Å². The van der Waals surface area contributed by atoms with Crippen molar-refractivity contribution < 1.29 is 23.1 Å². The predicted octanol–water partition coefficient (Wildman–Crippen LogP) is 4.09. The van der Waals surface area contributed by atoms with Gasteiger partial charge in [0.2, 0.25) is 5.91 Å². The number of amides is 1. The molecule has 3 nitrogen and oxygen atoms in total. The van der Waals surface area contributed by atoms with Gasteiger partial charge >= 0.3 is 6.18 Å². The molecule has 0 heterocycles. The molecule has 2 N–H and O–H groups in total. The molecule has 6 heteroatoms. The Morgan fingerprint density at radius 2 is 1.74 bits per heavy atom. The SMILES string of the molecule is O=C(CC12CC3CC(CC(O)(C3)C1)C2)NCCc1ccc(C(F)(F)F)cc1. The van der Waals surface area contributed by atoms with Crippen LogP contribution >= 0.6 is 0 Å². The first-order chi connectivity index (χ1) is 12.6. The van der Waals surface area contributed by atoms with Crippen molar-refractivity contribution >= 4 is 5.91 Å². The average Bonchev–Trinajstić information content (AvgIpc) is 2.51. The van der Waals surface area contributed by atoms with Crippen molar-refractivity contribution in [2.75, 3.05) is 6.54 Å². The molecule has 0 radical (unpaired) electrons. The van der Waals surface area contributed by atoms with Gasteiger partial charge in [0.1, 0.15) is 0 Å². The average molecular weight is 381 g/mol. The zero-order valence-electron chi connectivity index (χ0n) is 15.3. The van der Waals surface area contributed by atoms with Gasteiger partial charge in [-0.25, -0.2) is 0 Å². The van der Waals surface area contributed by atoms with Gasteiger partial charge in [-0.2, -0.15) is 13.2 Å². The Morgan fingerprint density at radius 3 is 2.30 bits per heavy atom. The summed E-state index contributed by atoms with van der Waals surface area (Å²) in [5, 5.41) is 13.7. The van der Waals surface area contributed by atoms with Gasteiger partial charge in [0.25, 0.3) is 0 Å². The molecule has 4 bridgehead atoms. The van der Waals surface area contributed by atoms with E-state index in [4.69, 9.17) is 0 Å². The van der Waals surface area contributed by atoms with Crippen LogP contribution in [0.5, 0.6) is 0 Å². The van der Waals surface area contributed by atoms with E-state index in [1.54, 1.807) is 0 Å². The fraction of sp³-hybridized carbons (Fsp3) is 0.667. The van der Waals surface area contributed by atoms with Gasteiger partial charge in [-0.05, 0) is 79.9 Å². The summed E-state index contributed by atoms with van der Waals surface area (Å²) < 4.78 is 37.8. The Hall–Kier alpha value is -1.56. The maximum atomic E-state index is 12.6. The number of alkyl halides is 3. The molecule has 0 aromatic heterocycles. The molecule has 0 aliphatic heterocycles. The zero-order chi connectivity index (χ0) is 19.3. The van der Waals surface area contributed by atoms with Crippen LogP contribution in [0.15, 0.2) is 24.3 Å². The smallest absolute Gasteiger partial charge is 0.390 e. The third-order valence-corrected chi connectivity index (χ3v) is 6.70. The molecule has 1 amide bonds. The zero-order valence-corrected chi connectivity index (χ0v) is 15.3. The minimum absolute atomic E-state index is 0.00698. The minimum atomic E-state index is -4.32. The van der Waals surface area contributed by atoms with Crippen LogP contribution in [0.4, 0.5) is 13.2 Å². The molecule has 1 aromatic rings. The molecule has 4 saturated carbocycles. The second-order valence-electron chi connectivity index (χ2n) is 9.16. The highest BCUT2D eigenvalue weighted by atomic mass is 19.4. The molecule has 0 saturated heterocycles. The van der Waals surface area contributed by atoms with Gasteiger partial charge in [0, 0.05) is 13.0 Å². The first-order valence-electron chi connectivity index (χ1n) is 9.80. The summed E-state index contributed by atoms with van der Waals surface area (Å²) in [5.74, 6) is 1.10. The lowest BCUT2D eigenvalue weighted by Crippen LogP contribution is -2.56. The number of aliphatic hydroxyl groups is 1. The van der Waals surface area contributed by atoms with Crippen molar-refractivity contribution in [2.45, 2.75) is 63.1 Å². The number of hydrogen-bond acceptors (Lipinski definition) is 2. The van der Waals surface area contributed by atoms with Crippen molar-refractivity contribution in [3.8, 4) is 0 Å². The van der Waals surface area contributed by atoms with Crippen LogP contribution in [-0.2, 0) is 17.4 Å². The summed E-state index contributed by atoms with van der Waals surface area (Å²) >= 11 is 0. The highest BCUT2D eigenvalue weighted by Crippen LogP contribution is 2.62. The predicted molar refractivity (Wildman–Crippen MR) is 94.8 cm³/mol. The Labute approximate surface area is 157 Å². The largest absolute Gasteiger partial charge is 0.416 e. The fourth-order valence-corrected chi connectivity index (χ4v) is 6.22. The maximum Gasteiger partial charge on any atom is 0.416 e. The lowest BCUT2D eigenvalue weighted by Gasteiger charge is -2.60. The van der Waals surface area contributed by atoms with Gasteiger partial charge in [-0.1, -0.05) is 12.1 Å². The fourth-order valence-electron chi connectivity index (χ4n) is 6.22. The Kier molecular flexibility index (Phi) is 4.53. The normalized spacial score (nSPS) is 34.7. The van der Waals surface area contributed by atoms with Crippen LogP contribution in [0, 0.1) is 17.3 Å². The summed E-state index contributed by atoms with van der Waals surface area (Å²) in [6, 6.07) is 5.08. The molecule has 4 aliphatic carbocycles. The highest BCUT2D eigenvalue weighted by Gasteiger charge is 2.57. The molecular weight excluding hydrogens is 355 g/mol. The summed E-state index contributed by atoms with van der Waals surface area (Å²) in [5.41, 5.74) is -0.510. The lowest BCUT2D eigenvalue weighted by molar-refractivity contribution is -0.169. The van der Waals surface area contributed by atoms with Crippen LogP contribution in [0.2, 0.25) is 0 Å². The van der Waals surface area contributed by atoms with Gasteiger partial charge in [-0.15, -0.1) is 0 Å². The number of nitrogens with one attached hydrogen (secondary N) is 1. The van der Waals surface area contributed by atoms with E-state index in [-0.39, 0.29) is 11.3 Å². The van der Waals surface area contributed by atoms with Crippen molar-refractivity contribution in [2.24, 2.45) is 17.3 Å². The second-order valence-corrected chi connectivity index (χ2v) is 9.16. The standard InChI is InChI=1S/C21H26F3NO2/c22-21(23,24)17-3-1-14(2-4-17)5-6-25-18(26)12-19-8-15-7-16(9-19)11-20(27,10-15)13-19/h1-4,15-16,27H,5-13H2,(H,25,26).